The Kier molecular flexibility index (Phi) is 3.54. The van der Waals surface area contributed by atoms with E-state index in [2.05, 4.69) is 4.90 Å². The van der Waals surface area contributed by atoms with Crippen molar-refractivity contribution < 1.29 is 4.79 Å². The van der Waals surface area contributed by atoms with E-state index in [1.807, 2.05) is 0 Å². The summed E-state index contributed by atoms with van der Waals surface area (Å²) in [6, 6.07) is 4.74. The molecular weight excluding hydrogens is 238 g/mol. The summed E-state index contributed by atoms with van der Waals surface area (Å²) in [5.41, 5.74) is 12.5. The van der Waals surface area contributed by atoms with Crippen molar-refractivity contribution in [2.45, 2.75) is 18.9 Å². The first-order valence-electron chi connectivity index (χ1n) is 5.68. The van der Waals surface area contributed by atoms with Gasteiger partial charge >= 0.3 is 0 Å². The van der Waals surface area contributed by atoms with Gasteiger partial charge < -0.3 is 11.5 Å². The lowest BCUT2D eigenvalue weighted by Gasteiger charge is -2.25. The molecule has 1 aromatic rings. The van der Waals surface area contributed by atoms with Crippen LogP contribution in [0, 0.1) is 0 Å². The van der Waals surface area contributed by atoms with Crippen LogP contribution in [0.2, 0.25) is 5.02 Å². The van der Waals surface area contributed by atoms with Crippen molar-refractivity contribution in [2.75, 3.05) is 18.8 Å². The molecule has 1 aliphatic heterocycles. The van der Waals surface area contributed by atoms with Gasteiger partial charge in [-0.15, -0.1) is 0 Å². The highest BCUT2D eigenvalue weighted by atomic mass is 35.5. The first-order chi connectivity index (χ1) is 8.09. The van der Waals surface area contributed by atoms with Gasteiger partial charge in [0, 0.05) is 10.7 Å². The highest BCUT2D eigenvalue weighted by molar-refractivity contribution is 6.32. The van der Waals surface area contributed by atoms with Crippen LogP contribution in [-0.2, 0) is 4.79 Å². The topological polar surface area (TPSA) is 72.3 Å². The van der Waals surface area contributed by atoms with Gasteiger partial charge in [0.05, 0.1) is 0 Å². The summed E-state index contributed by atoms with van der Waals surface area (Å²) in [7, 11) is 0. The van der Waals surface area contributed by atoms with Crippen molar-refractivity contribution in [1.82, 2.24) is 4.90 Å². The lowest BCUT2D eigenvalue weighted by Crippen LogP contribution is -2.36. The van der Waals surface area contributed by atoms with Gasteiger partial charge in [-0.1, -0.05) is 17.7 Å². The number of hydrogen-bond acceptors (Lipinski definition) is 3. The van der Waals surface area contributed by atoms with E-state index >= 15 is 0 Å². The number of nitrogens with zero attached hydrogens (tertiary/aromatic N) is 1. The normalized spacial score (nSPS) is 18.2. The fraction of sp³-hybridized carbons (Fsp3) is 0.417. The van der Waals surface area contributed by atoms with E-state index in [4.69, 9.17) is 23.1 Å². The van der Waals surface area contributed by atoms with E-state index in [1.54, 1.807) is 18.2 Å². The van der Waals surface area contributed by atoms with E-state index in [-0.39, 0.29) is 5.91 Å². The Morgan fingerprint density at radius 1 is 1.35 bits per heavy atom. The monoisotopic (exact) mass is 253 g/mol. The van der Waals surface area contributed by atoms with Gasteiger partial charge in [-0.05, 0) is 43.6 Å². The van der Waals surface area contributed by atoms with Gasteiger partial charge in [0.2, 0.25) is 5.91 Å². The molecule has 0 aromatic heterocycles. The van der Waals surface area contributed by atoms with Gasteiger partial charge in [-0.25, -0.2) is 0 Å². The van der Waals surface area contributed by atoms with Crippen LogP contribution < -0.4 is 11.5 Å². The lowest BCUT2D eigenvalue weighted by molar-refractivity contribution is -0.123. The molecule has 0 aliphatic carbocycles. The molecule has 92 valence electrons. The second-order valence-electron chi connectivity index (χ2n) is 4.33. The maximum atomic E-state index is 11.6. The summed E-state index contributed by atoms with van der Waals surface area (Å²) < 4.78 is 0. The predicted molar refractivity (Wildman–Crippen MR) is 68.6 cm³/mol. The van der Waals surface area contributed by atoms with Gasteiger partial charge in [-0.2, -0.15) is 0 Å². The van der Waals surface area contributed by atoms with Gasteiger partial charge in [0.1, 0.15) is 6.04 Å². The number of primary amides is 1. The number of nitrogens with two attached hydrogens (primary N) is 2. The molecule has 0 radical (unpaired) electrons. The Bertz CT molecular complexity index is 430. The highest BCUT2D eigenvalue weighted by Gasteiger charge is 2.29. The number of hydrogen-bond donors (Lipinski definition) is 2. The Labute approximate surface area is 106 Å². The number of carbonyl (C=O) groups excluding carboxylic acids is 1. The summed E-state index contributed by atoms with van der Waals surface area (Å²) in [5, 5.41) is 0.501. The molecule has 1 saturated heterocycles. The number of likely N-dealkylation sites (tertiary alicyclic amines) is 1. The van der Waals surface area contributed by atoms with Crippen molar-refractivity contribution in [3.8, 4) is 0 Å². The third-order valence-electron chi connectivity index (χ3n) is 3.09. The van der Waals surface area contributed by atoms with Crippen molar-refractivity contribution in [1.29, 1.82) is 0 Å². The molecule has 1 aliphatic rings. The summed E-state index contributed by atoms with van der Waals surface area (Å²) in [6.45, 7) is 1.77. The number of carbonyl (C=O) groups is 1. The Morgan fingerprint density at radius 3 is 2.53 bits per heavy atom. The van der Waals surface area contributed by atoms with E-state index < -0.39 is 6.04 Å². The van der Waals surface area contributed by atoms with Gasteiger partial charge in [0.25, 0.3) is 0 Å². The summed E-state index contributed by atoms with van der Waals surface area (Å²) in [5.74, 6) is -0.362. The first kappa shape index (κ1) is 12.2. The van der Waals surface area contributed by atoms with Crippen LogP contribution in [0.25, 0.3) is 0 Å². The molecule has 1 unspecified atom stereocenters. The molecule has 0 bridgehead atoms. The van der Waals surface area contributed by atoms with E-state index in [9.17, 15) is 4.79 Å². The maximum absolute atomic E-state index is 11.6. The molecule has 4 N–H and O–H groups in total. The minimum Gasteiger partial charge on any atom is -0.399 e. The van der Waals surface area contributed by atoms with Crippen LogP contribution in [0.1, 0.15) is 24.4 Å². The minimum atomic E-state index is -0.439. The Morgan fingerprint density at radius 2 is 2.00 bits per heavy atom. The average Bonchev–Trinajstić information content (AvgIpc) is 2.74. The zero-order valence-corrected chi connectivity index (χ0v) is 10.3. The molecule has 5 heteroatoms. The highest BCUT2D eigenvalue weighted by Crippen LogP contribution is 2.31. The van der Waals surface area contributed by atoms with Crippen LogP contribution in [0.5, 0.6) is 0 Å². The smallest absolute Gasteiger partial charge is 0.239 e. The number of benzene rings is 1. The molecule has 1 heterocycles. The van der Waals surface area contributed by atoms with E-state index in [0.29, 0.717) is 10.7 Å². The number of nitrogen functional groups attached to an aromatic ring is 1. The van der Waals surface area contributed by atoms with Crippen molar-refractivity contribution >= 4 is 23.2 Å². The molecule has 0 saturated carbocycles. The first-order valence-corrected chi connectivity index (χ1v) is 6.05. The fourth-order valence-corrected chi connectivity index (χ4v) is 2.59. The summed E-state index contributed by atoms with van der Waals surface area (Å²) in [6.07, 6.45) is 2.19. The van der Waals surface area contributed by atoms with Crippen molar-refractivity contribution in [3.63, 3.8) is 0 Å². The zero-order chi connectivity index (χ0) is 12.4. The summed E-state index contributed by atoms with van der Waals surface area (Å²) >= 11 is 6.13. The molecule has 4 nitrogen and oxygen atoms in total. The van der Waals surface area contributed by atoms with E-state index in [1.165, 1.54) is 0 Å². The third kappa shape index (κ3) is 2.53. The van der Waals surface area contributed by atoms with Gasteiger partial charge in [-0.3, -0.25) is 9.69 Å². The predicted octanol–water partition coefficient (Wildman–Crippen LogP) is 1.54. The fourth-order valence-electron chi connectivity index (χ4n) is 2.29. The second-order valence-corrected chi connectivity index (χ2v) is 4.74. The number of anilines is 1. The molecule has 1 aromatic carbocycles. The number of halogens is 1. The van der Waals surface area contributed by atoms with E-state index in [0.717, 1.165) is 31.5 Å². The van der Waals surface area contributed by atoms with Gasteiger partial charge in [0.15, 0.2) is 0 Å². The second kappa shape index (κ2) is 4.94. The maximum Gasteiger partial charge on any atom is 0.239 e. The van der Waals surface area contributed by atoms with Crippen LogP contribution in [0.15, 0.2) is 18.2 Å². The third-order valence-corrected chi connectivity index (χ3v) is 3.42. The molecule has 0 spiro atoms. The minimum absolute atomic E-state index is 0.362. The largest absolute Gasteiger partial charge is 0.399 e. The SMILES string of the molecule is NC(=O)C(c1ccc(N)cc1Cl)N1CCCC1. The molecule has 1 atom stereocenters. The molecule has 2 rings (SSSR count). The Balaban J connectivity index is 2.35. The van der Waals surface area contributed by atoms with Crippen molar-refractivity contribution in [2.24, 2.45) is 5.73 Å². The number of rotatable bonds is 3. The van der Waals surface area contributed by atoms with Crippen molar-refractivity contribution in [3.05, 3.63) is 28.8 Å². The number of amides is 1. The summed E-state index contributed by atoms with van der Waals surface area (Å²) in [4.78, 5) is 13.7. The Hall–Kier alpha value is -1.26. The molecule has 17 heavy (non-hydrogen) atoms. The standard InChI is InChI=1S/C12H16ClN3O/c13-10-7-8(14)3-4-9(10)11(12(15)17)16-5-1-2-6-16/h3-4,7,11H,1-2,5-6,14H2,(H2,15,17). The molecule has 1 amide bonds. The lowest BCUT2D eigenvalue weighted by atomic mass is 10.0. The van der Waals surface area contributed by atoms with Crippen LogP contribution in [0.3, 0.4) is 0 Å². The van der Waals surface area contributed by atoms with Crippen LogP contribution in [0.4, 0.5) is 5.69 Å². The van der Waals surface area contributed by atoms with Crippen LogP contribution >= 0.6 is 11.6 Å². The molecular formula is C12H16ClN3O. The quantitative estimate of drug-likeness (QED) is 0.803. The van der Waals surface area contributed by atoms with Crippen LogP contribution in [-0.4, -0.2) is 23.9 Å². The zero-order valence-electron chi connectivity index (χ0n) is 9.53. The average molecular weight is 254 g/mol. The molecule has 1 fully saturated rings.